The van der Waals surface area contributed by atoms with Crippen molar-refractivity contribution in [2.75, 3.05) is 34.8 Å². The van der Waals surface area contributed by atoms with Gasteiger partial charge in [-0.15, -0.1) is 0 Å². The highest BCUT2D eigenvalue weighted by Crippen LogP contribution is 1.96. The van der Waals surface area contributed by atoms with E-state index in [4.69, 9.17) is 4.74 Å². The molecule has 0 N–H and O–H groups in total. The Morgan fingerprint density at radius 3 is 2.29 bits per heavy atom. The highest BCUT2D eigenvalue weighted by Gasteiger charge is 1.98. The number of nitrogens with zero attached hydrogens (tertiary/aromatic N) is 2. The SMILES string of the molecule is CCCOC(=CN(C)C)C=[N+](C)C.[I-]. The summed E-state index contributed by atoms with van der Waals surface area (Å²) in [7, 11) is 7.94. The molecule has 0 bridgehead atoms. The first-order valence-electron chi connectivity index (χ1n) is 4.58. The van der Waals surface area contributed by atoms with Crippen LogP contribution in [0.15, 0.2) is 12.0 Å². The van der Waals surface area contributed by atoms with E-state index in [-0.39, 0.29) is 24.0 Å². The fraction of sp³-hybridized carbons (Fsp3) is 0.700. The lowest BCUT2D eigenvalue weighted by molar-refractivity contribution is -0.459. The zero-order valence-corrected chi connectivity index (χ0v) is 11.9. The van der Waals surface area contributed by atoms with E-state index in [9.17, 15) is 0 Å². The Kier molecular flexibility index (Phi) is 10.7. The maximum absolute atomic E-state index is 5.54. The number of rotatable bonds is 5. The van der Waals surface area contributed by atoms with Gasteiger partial charge in [-0.1, -0.05) is 6.92 Å². The molecule has 3 nitrogen and oxygen atoms in total. The second-order valence-corrected chi connectivity index (χ2v) is 3.44. The minimum Gasteiger partial charge on any atom is -1.00 e. The molecule has 0 radical (unpaired) electrons. The predicted molar refractivity (Wildman–Crippen MR) is 56.2 cm³/mol. The van der Waals surface area contributed by atoms with Crippen LogP contribution in [0, 0.1) is 0 Å². The van der Waals surface area contributed by atoms with Crippen molar-refractivity contribution < 1.29 is 33.3 Å². The van der Waals surface area contributed by atoms with Gasteiger partial charge < -0.3 is 33.6 Å². The zero-order chi connectivity index (χ0) is 10.3. The van der Waals surface area contributed by atoms with Crippen LogP contribution in [0.5, 0.6) is 0 Å². The molecule has 0 unspecified atom stereocenters. The van der Waals surface area contributed by atoms with E-state index in [2.05, 4.69) is 6.92 Å². The molecule has 0 amide bonds. The van der Waals surface area contributed by atoms with Crippen LogP contribution in [-0.2, 0) is 4.74 Å². The van der Waals surface area contributed by atoms with Crippen molar-refractivity contribution in [3.63, 3.8) is 0 Å². The van der Waals surface area contributed by atoms with Gasteiger partial charge in [0.15, 0.2) is 5.76 Å². The van der Waals surface area contributed by atoms with Gasteiger partial charge in [-0.3, -0.25) is 0 Å². The minimum atomic E-state index is 0. The second-order valence-electron chi connectivity index (χ2n) is 3.44. The zero-order valence-electron chi connectivity index (χ0n) is 9.75. The second kappa shape index (κ2) is 9.30. The summed E-state index contributed by atoms with van der Waals surface area (Å²) in [5.41, 5.74) is 0. The molecule has 0 fully saturated rings. The smallest absolute Gasteiger partial charge is 0.206 e. The van der Waals surface area contributed by atoms with Crippen molar-refractivity contribution in [3.8, 4) is 0 Å². The van der Waals surface area contributed by atoms with Gasteiger partial charge in [0, 0.05) is 20.3 Å². The minimum absolute atomic E-state index is 0. The van der Waals surface area contributed by atoms with E-state index in [1.165, 1.54) is 0 Å². The average Bonchev–Trinajstić information content (AvgIpc) is 1.98. The summed E-state index contributed by atoms with van der Waals surface area (Å²) in [6, 6.07) is 0. The van der Waals surface area contributed by atoms with Crippen LogP contribution in [0.1, 0.15) is 13.3 Å². The third kappa shape index (κ3) is 9.83. The molecule has 4 heteroatoms. The molecule has 0 rings (SSSR count). The summed E-state index contributed by atoms with van der Waals surface area (Å²) in [5.74, 6) is 0.900. The third-order valence-electron chi connectivity index (χ3n) is 1.24. The van der Waals surface area contributed by atoms with Gasteiger partial charge in [-0.05, 0) is 6.42 Å². The van der Waals surface area contributed by atoms with Crippen molar-refractivity contribution in [3.05, 3.63) is 12.0 Å². The van der Waals surface area contributed by atoms with Crippen molar-refractivity contribution in [1.82, 2.24) is 4.90 Å². The van der Waals surface area contributed by atoms with Crippen molar-refractivity contribution in [2.24, 2.45) is 0 Å². The molecule has 0 aromatic carbocycles. The highest BCUT2D eigenvalue weighted by molar-refractivity contribution is 5.71. The van der Waals surface area contributed by atoms with Crippen LogP contribution in [0.4, 0.5) is 0 Å². The van der Waals surface area contributed by atoms with Gasteiger partial charge in [0.05, 0.1) is 6.61 Å². The van der Waals surface area contributed by atoms with Gasteiger partial charge in [0.1, 0.15) is 14.1 Å². The molecular weight excluding hydrogens is 291 g/mol. The Labute approximate surface area is 104 Å². The van der Waals surface area contributed by atoms with Gasteiger partial charge in [0.25, 0.3) is 0 Å². The third-order valence-corrected chi connectivity index (χ3v) is 1.24. The largest absolute Gasteiger partial charge is 1.00 e. The maximum Gasteiger partial charge on any atom is 0.206 e. The van der Waals surface area contributed by atoms with Crippen LogP contribution in [-0.4, -0.2) is 50.5 Å². The van der Waals surface area contributed by atoms with Crippen molar-refractivity contribution >= 4 is 6.21 Å². The molecule has 0 heterocycles. The normalized spacial score (nSPS) is 10.2. The fourth-order valence-electron chi connectivity index (χ4n) is 0.837. The first-order chi connectivity index (χ1) is 6.06. The van der Waals surface area contributed by atoms with Gasteiger partial charge >= 0.3 is 0 Å². The molecule has 14 heavy (non-hydrogen) atoms. The van der Waals surface area contributed by atoms with E-state index in [1.807, 2.05) is 50.1 Å². The van der Waals surface area contributed by atoms with E-state index >= 15 is 0 Å². The number of allylic oxidation sites excluding steroid dienone is 1. The predicted octanol–water partition coefficient (Wildman–Crippen LogP) is -1.84. The molecule has 0 aliphatic heterocycles. The van der Waals surface area contributed by atoms with Crippen LogP contribution >= 0.6 is 0 Å². The van der Waals surface area contributed by atoms with E-state index < -0.39 is 0 Å². The van der Waals surface area contributed by atoms with Gasteiger partial charge in [0.2, 0.25) is 6.21 Å². The monoisotopic (exact) mass is 312 g/mol. The summed E-state index contributed by atoms with van der Waals surface area (Å²) in [4.78, 5) is 1.98. The molecule has 0 aromatic rings. The van der Waals surface area contributed by atoms with Crippen LogP contribution in [0.25, 0.3) is 0 Å². The summed E-state index contributed by atoms with van der Waals surface area (Å²) in [6.07, 6.45) is 4.97. The Bertz CT molecular complexity index is 196. The van der Waals surface area contributed by atoms with E-state index in [0.29, 0.717) is 0 Å². The van der Waals surface area contributed by atoms with Crippen LogP contribution in [0.3, 0.4) is 0 Å². The molecule has 0 saturated carbocycles. The molecule has 0 spiro atoms. The molecule has 84 valence electrons. The quantitative estimate of drug-likeness (QED) is 0.257. The van der Waals surface area contributed by atoms with E-state index in [1.54, 1.807) is 0 Å². The van der Waals surface area contributed by atoms with Crippen molar-refractivity contribution in [2.45, 2.75) is 13.3 Å². The number of ether oxygens (including phenoxy) is 1. The summed E-state index contributed by atoms with van der Waals surface area (Å²) in [6.45, 7) is 2.87. The topological polar surface area (TPSA) is 15.5 Å². The first-order valence-corrected chi connectivity index (χ1v) is 4.58. The van der Waals surface area contributed by atoms with Gasteiger partial charge in [-0.2, -0.15) is 0 Å². The molecule has 0 aliphatic rings. The standard InChI is InChI=1S/C10H21N2O.HI/c1-6-7-13-10(8-11(2)3)9-12(4)5;/h8-9H,6-7H2,1-5H3;1H/q+1;/p-1. The molecule has 0 saturated heterocycles. The lowest BCUT2D eigenvalue weighted by atomic mass is 10.5. The summed E-state index contributed by atoms with van der Waals surface area (Å²) >= 11 is 0. The fourth-order valence-corrected chi connectivity index (χ4v) is 0.837. The van der Waals surface area contributed by atoms with Crippen molar-refractivity contribution in [1.29, 1.82) is 0 Å². The average molecular weight is 312 g/mol. The Morgan fingerprint density at radius 1 is 1.36 bits per heavy atom. The van der Waals surface area contributed by atoms with E-state index in [0.717, 1.165) is 18.8 Å². The number of halogens is 1. The van der Waals surface area contributed by atoms with Crippen LogP contribution < -0.4 is 24.0 Å². The first kappa shape index (κ1) is 16.2. The summed E-state index contributed by atoms with van der Waals surface area (Å²) in [5, 5.41) is 0. The maximum atomic E-state index is 5.54. The molecule has 0 aromatic heterocycles. The number of hydrogen-bond donors (Lipinski definition) is 0. The number of hydrogen-bond acceptors (Lipinski definition) is 2. The Hall–Kier alpha value is -0.260. The lowest BCUT2D eigenvalue weighted by Crippen LogP contribution is -3.00. The molecule has 0 aliphatic carbocycles. The molecule has 0 atom stereocenters. The Balaban J connectivity index is 0. The van der Waals surface area contributed by atoms with Gasteiger partial charge in [-0.25, -0.2) is 4.58 Å². The Morgan fingerprint density at radius 2 is 1.93 bits per heavy atom. The summed E-state index contributed by atoms with van der Waals surface area (Å²) < 4.78 is 7.51. The van der Waals surface area contributed by atoms with Crippen LogP contribution in [0.2, 0.25) is 0 Å². The molecular formula is C10H21IN2O. The lowest BCUT2D eigenvalue weighted by Gasteiger charge is -2.08. The highest BCUT2D eigenvalue weighted by atomic mass is 127.